The van der Waals surface area contributed by atoms with Crippen LogP contribution in [0.3, 0.4) is 0 Å². The summed E-state index contributed by atoms with van der Waals surface area (Å²) in [4.78, 5) is 18.0. The number of allylic oxidation sites excluding steroid dienone is 1. The Kier molecular flexibility index (Phi) is 5.33. The number of rotatable bonds is 2. The highest BCUT2D eigenvalue weighted by atomic mass is 16.5. The lowest BCUT2D eigenvalue weighted by atomic mass is 10.0. The van der Waals surface area contributed by atoms with Crippen LogP contribution < -0.4 is 4.74 Å². The predicted octanol–water partition coefficient (Wildman–Crippen LogP) is 10.6. The third-order valence-corrected chi connectivity index (χ3v) is 10.7. The first-order valence-corrected chi connectivity index (χ1v) is 16.8. The van der Waals surface area contributed by atoms with E-state index in [2.05, 4.69) is 137 Å². The van der Waals surface area contributed by atoms with Gasteiger partial charge in [0.15, 0.2) is 0 Å². The molecule has 3 atom stereocenters. The second-order valence-electron chi connectivity index (χ2n) is 13.5. The Morgan fingerprint density at radius 2 is 0.958 bits per heavy atom. The van der Waals surface area contributed by atoms with E-state index in [4.69, 9.17) is 14.7 Å². The van der Waals surface area contributed by atoms with Crippen molar-refractivity contribution in [3.8, 4) is 50.8 Å². The highest BCUT2D eigenvalue weighted by Gasteiger charge is 2.37. The lowest BCUT2D eigenvalue weighted by Crippen LogP contribution is -2.21. The van der Waals surface area contributed by atoms with E-state index < -0.39 is 0 Å². The predicted molar refractivity (Wildman–Crippen MR) is 195 cm³/mol. The van der Waals surface area contributed by atoms with Gasteiger partial charge in [0.05, 0.1) is 22.8 Å². The normalized spacial score (nSPS) is 18.8. The molecule has 1 fully saturated rings. The molecule has 1 saturated carbocycles. The number of H-pyrrole nitrogens is 2. The van der Waals surface area contributed by atoms with Crippen molar-refractivity contribution in [1.29, 1.82) is 0 Å². The lowest BCUT2D eigenvalue weighted by Gasteiger charge is -2.20. The summed E-state index contributed by atoms with van der Waals surface area (Å²) in [6, 6.07) is 40.9. The Balaban J connectivity index is 1.24. The molecule has 3 aromatic heterocycles. The highest BCUT2D eigenvalue weighted by Crippen LogP contribution is 2.43. The van der Waals surface area contributed by atoms with E-state index in [1.54, 1.807) is 0 Å². The van der Waals surface area contributed by atoms with E-state index >= 15 is 0 Å². The standard InChI is InChI=1S/C43H30N4O/c1-2-8-28-27(7-1)35-20-37-29-9-3-4-10-30(29)39(45-37)22-41-33-16-15-26(48-43-18-24-13-14-25(43)17-24)19-34(33)42(47-41)23-40-32-12-6-5-11-31(32)38(46-40)21-36(28)44-35/h1-16,19-25,43-44,47H,17-18H2. The molecule has 0 spiro atoms. The van der Waals surface area contributed by atoms with E-state index in [0.717, 1.165) is 101 Å². The van der Waals surface area contributed by atoms with Crippen LogP contribution in [0.25, 0.3) is 88.6 Å². The van der Waals surface area contributed by atoms with Crippen LogP contribution in [0.5, 0.6) is 5.75 Å². The van der Waals surface area contributed by atoms with Gasteiger partial charge in [0.1, 0.15) is 11.9 Å². The molecule has 2 aliphatic carbocycles. The molecule has 7 aromatic rings. The molecule has 4 aromatic carbocycles. The number of hydrogen-bond donors (Lipinski definition) is 2. The molecule has 5 heterocycles. The largest absolute Gasteiger partial charge is 0.490 e. The first-order valence-electron chi connectivity index (χ1n) is 16.8. The number of ether oxygens (including phenoxy) is 1. The SMILES string of the molecule is C1=CC2CC1CC2Oc1ccc2c3cc4nc(cc5[nH]c(cc6nc(cc([nH]3)c2c1)-c1ccccc1-6)c1ccccc51)-c1ccccc1-4. The Hall–Kier alpha value is -5.94. The lowest BCUT2D eigenvalue weighted by molar-refractivity contribution is 0.175. The molecule has 48 heavy (non-hydrogen) atoms. The number of nitrogens with one attached hydrogen (secondary N) is 2. The van der Waals surface area contributed by atoms with Crippen LogP contribution in [0.2, 0.25) is 0 Å². The third-order valence-electron chi connectivity index (χ3n) is 10.7. The third kappa shape index (κ3) is 3.91. The van der Waals surface area contributed by atoms with Gasteiger partial charge in [0.2, 0.25) is 0 Å². The number of hydrogen-bond acceptors (Lipinski definition) is 3. The first kappa shape index (κ1) is 26.2. The number of aromatic nitrogens is 4. The van der Waals surface area contributed by atoms with E-state index in [-0.39, 0.29) is 6.10 Å². The maximum absolute atomic E-state index is 6.66. The van der Waals surface area contributed by atoms with Gasteiger partial charge in [0, 0.05) is 71.8 Å². The van der Waals surface area contributed by atoms with Gasteiger partial charge in [-0.2, -0.15) is 0 Å². The van der Waals surface area contributed by atoms with Gasteiger partial charge in [0.25, 0.3) is 0 Å². The number of benzene rings is 4. The second-order valence-corrected chi connectivity index (χ2v) is 13.5. The molecule has 2 aliphatic heterocycles. The second kappa shape index (κ2) is 9.79. The van der Waals surface area contributed by atoms with Crippen molar-refractivity contribution in [3.05, 3.63) is 127 Å². The van der Waals surface area contributed by atoms with Crippen LogP contribution >= 0.6 is 0 Å². The van der Waals surface area contributed by atoms with Gasteiger partial charge < -0.3 is 14.7 Å². The fourth-order valence-corrected chi connectivity index (χ4v) is 8.41. The Morgan fingerprint density at radius 1 is 0.479 bits per heavy atom. The Morgan fingerprint density at radius 3 is 1.44 bits per heavy atom. The van der Waals surface area contributed by atoms with Crippen molar-refractivity contribution in [2.45, 2.75) is 18.9 Å². The summed E-state index contributed by atoms with van der Waals surface area (Å²) in [5.74, 6) is 2.08. The summed E-state index contributed by atoms with van der Waals surface area (Å²) in [5, 5.41) is 4.56. The number of nitrogens with zero attached hydrogens (tertiary/aromatic N) is 2. The van der Waals surface area contributed by atoms with Gasteiger partial charge in [-0.25, -0.2) is 9.97 Å². The van der Waals surface area contributed by atoms with Crippen LogP contribution in [0, 0.1) is 11.8 Å². The van der Waals surface area contributed by atoms with Crippen LogP contribution in [0.15, 0.2) is 127 Å². The molecule has 10 bridgehead atoms. The van der Waals surface area contributed by atoms with E-state index in [1.165, 1.54) is 6.42 Å². The fourth-order valence-electron chi connectivity index (χ4n) is 8.41. The zero-order chi connectivity index (χ0) is 31.3. The summed E-state index contributed by atoms with van der Waals surface area (Å²) < 4.78 is 6.66. The van der Waals surface area contributed by atoms with Crippen molar-refractivity contribution in [1.82, 2.24) is 19.9 Å². The summed E-state index contributed by atoms with van der Waals surface area (Å²) in [6.07, 6.45) is 7.25. The van der Waals surface area contributed by atoms with Crippen LogP contribution in [0.4, 0.5) is 0 Å². The molecule has 3 unspecified atom stereocenters. The molecular formula is C43H30N4O. The maximum Gasteiger partial charge on any atom is 0.120 e. The number of fused-ring (bicyclic) bond motifs is 22. The zero-order valence-corrected chi connectivity index (χ0v) is 26.1. The maximum atomic E-state index is 6.66. The molecule has 228 valence electrons. The molecule has 0 saturated heterocycles. The Labute approximate surface area is 276 Å². The van der Waals surface area contributed by atoms with Gasteiger partial charge in [-0.15, -0.1) is 0 Å². The first-order chi connectivity index (χ1) is 23.7. The van der Waals surface area contributed by atoms with Crippen LogP contribution in [-0.2, 0) is 0 Å². The molecule has 5 nitrogen and oxygen atoms in total. The van der Waals surface area contributed by atoms with Gasteiger partial charge >= 0.3 is 0 Å². The van der Waals surface area contributed by atoms with Crippen molar-refractivity contribution in [2.75, 3.05) is 0 Å². The molecule has 11 rings (SSSR count). The molecule has 5 heteroatoms. The minimum atomic E-state index is 0.238. The van der Waals surface area contributed by atoms with Crippen LogP contribution in [-0.4, -0.2) is 26.0 Å². The molecule has 2 N–H and O–H groups in total. The number of aromatic amines is 2. The summed E-state index contributed by atoms with van der Waals surface area (Å²) >= 11 is 0. The van der Waals surface area contributed by atoms with E-state index in [1.807, 2.05) is 0 Å². The summed E-state index contributed by atoms with van der Waals surface area (Å²) in [6.45, 7) is 0. The minimum absolute atomic E-state index is 0.238. The average Bonchev–Trinajstić information content (AvgIpc) is 3.97. The minimum Gasteiger partial charge on any atom is -0.490 e. The van der Waals surface area contributed by atoms with E-state index in [9.17, 15) is 0 Å². The van der Waals surface area contributed by atoms with Gasteiger partial charge in [-0.1, -0.05) is 84.9 Å². The summed E-state index contributed by atoms with van der Waals surface area (Å²) in [5.41, 5.74) is 12.4. The highest BCUT2D eigenvalue weighted by molar-refractivity contribution is 6.10. The molecule has 4 aliphatic rings. The molecule has 0 amide bonds. The van der Waals surface area contributed by atoms with Gasteiger partial charge in [-0.3, -0.25) is 0 Å². The Bertz CT molecular complexity index is 2690. The van der Waals surface area contributed by atoms with Crippen molar-refractivity contribution < 1.29 is 4.74 Å². The molecular weight excluding hydrogens is 589 g/mol. The topological polar surface area (TPSA) is 66.6 Å². The van der Waals surface area contributed by atoms with Gasteiger partial charge in [-0.05, 0) is 61.2 Å². The monoisotopic (exact) mass is 618 g/mol. The van der Waals surface area contributed by atoms with E-state index in [0.29, 0.717) is 11.8 Å². The molecule has 0 radical (unpaired) electrons. The fraction of sp³-hybridized carbons (Fsp3) is 0.116. The van der Waals surface area contributed by atoms with Crippen LogP contribution in [0.1, 0.15) is 12.8 Å². The van der Waals surface area contributed by atoms with Crippen molar-refractivity contribution >= 4 is 43.6 Å². The van der Waals surface area contributed by atoms with Crippen molar-refractivity contribution in [2.24, 2.45) is 11.8 Å². The summed E-state index contributed by atoms with van der Waals surface area (Å²) in [7, 11) is 0. The average molecular weight is 619 g/mol. The smallest absolute Gasteiger partial charge is 0.120 e. The zero-order valence-electron chi connectivity index (χ0n) is 26.1. The quantitative estimate of drug-likeness (QED) is 0.189. The van der Waals surface area contributed by atoms with Crippen molar-refractivity contribution in [3.63, 3.8) is 0 Å².